The van der Waals surface area contributed by atoms with Gasteiger partial charge in [-0.05, 0) is 74.7 Å². The van der Waals surface area contributed by atoms with E-state index < -0.39 is 5.56 Å². The third kappa shape index (κ3) is 6.22. The smallest absolute Gasteiger partial charge is 0.262 e. The Hall–Kier alpha value is -2.11. The first-order chi connectivity index (χ1) is 13.0. The topological polar surface area (TPSA) is 58.0 Å². The zero-order chi connectivity index (χ0) is 19.6. The molecule has 1 aromatic heterocycles. The number of nitrogens with zero attached hydrogens (tertiary/aromatic N) is 1. The van der Waals surface area contributed by atoms with E-state index in [9.17, 15) is 9.90 Å². The molecule has 0 aliphatic carbocycles. The lowest BCUT2D eigenvalue weighted by Gasteiger charge is -2.11. The minimum atomic E-state index is -0.399. The molecule has 0 saturated heterocycles. The highest BCUT2D eigenvalue weighted by atomic mass is 35.5. The maximum absolute atomic E-state index is 12.2. The van der Waals surface area contributed by atoms with E-state index in [1.165, 1.54) is 4.57 Å². The summed E-state index contributed by atoms with van der Waals surface area (Å²) in [5.74, 6) is -0.174. The van der Waals surface area contributed by atoms with E-state index in [2.05, 4.69) is 24.1 Å². The van der Waals surface area contributed by atoms with Crippen molar-refractivity contribution in [3.8, 4) is 11.6 Å². The molecule has 1 aromatic carbocycles. The molecular formula is C21H25ClN2O2S. The summed E-state index contributed by atoms with van der Waals surface area (Å²) in [6.07, 6.45) is 14.4. The fourth-order valence-corrected chi connectivity index (χ4v) is 3.12. The Balaban J connectivity index is 2.08. The van der Waals surface area contributed by atoms with Crippen molar-refractivity contribution in [2.75, 3.05) is 0 Å². The summed E-state index contributed by atoms with van der Waals surface area (Å²) >= 11 is 11.1. The van der Waals surface area contributed by atoms with E-state index in [1.54, 1.807) is 30.3 Å². The van der Waals surface area contributed by atoms with Gasteiger partial charge in [0.1, 0.15) is 0 Å². The van der Waals surface area contributed by atoms with Gasteiger partial charge in [0, 0.05) is 5.02 Å². The number of allylic oxidation sites excluding steroid dienone is 3. The van der Waals surface area contributed by atoms with E-state index in [0.29, 0.717) is 10.7 Å². The van der Waals surface area contributed by atoms with Crippen molar-refractivity contribution in [3.63, 3.8) is 0 Å². The zero-order valence-corrected chi connectivity index (χ0v) is 17.0. The molecule has 0 unspecified atom stereocenters. The number of unbranched alkanes of at least 4 members (excludes halogenated alkanes) is 4. The maximum Gasteiger partial charge on any atom is 0.262 e. The summed E-state index contributed by atoms with van der Waals surface area (Å²) in [4.78, 5) is 14.8. The minimum absolute atomic E-state index is 0.136. The lowest BCUT2D eigenvalue weighted by atomic mass is 10.1. The van der Waals surface area contributed by atoms with Crippen molar-refractivity contribution in [1.29, 1.82) is 0 Å². The summed E-state index contributed by atoms with van der Waals surface area (Å²) in [6.45, 7) is 2.13. The number of halogens is 1. The van der Waals surface area contributed by atoms with Crippen LogP contribution in [0.25, 0.3) is 11.8 Å². The number of H-pyrrole nitrogens is 1. The SMILES string of the molecule is CCC=CCCCCCC=Cc1c(O)n(-c2ccc(Cl)cc2)c(=S)[nH]c1=O. The molecule has 2 aromatic rings. The van der Waals surface area contributed by atoms with Crippen LogP contribution in [0.4, 0.5) is 0 Å². The van der Waals surface area contributed by atoms with Gasteiger partial charge in [0.05, 0.1) is 11.3 Å². The van der Waals surface area contributed by atoms with Gasteiger partial charge in [0.15, 0.2) is 4.77 Å². The van der Waals surface area contributed by atoms with Gasteiger partial charge in [-0.15, -0.1) is 0 Å². The van der Waals surface area contributed by atoms with Crippen LogP contribution in [-0.4, -0.2) is 14.7 Å². The number of rotatable bonds is 9. The first-order valence-electron chi connectivity index (χ1n) is 9.20. The van der Waals surface area contributed by atoms with Gasteiger partial charge in [-0.2, -0.15) is 0 Å². The number of hydrogen-bond donors (Lipinski definition) is 2. The van der Waals surface area contributed by atoms with Gasteiger partial charge >= 0.3 is 0 Å². The average molecular weight is 405 g/mol. The van der Waals surface area contributed by atoms with E-state index >= 15 is 0 Å². The molecule has 0 fully saturated rings. The Morgan fingerprint density at radius 3 is 2.44 bits per heavy atom. The molecule has 27 heavy (non-hydrogen) atoms. The molecule has 0 saturated carbocycles. The summed E-state index contributed by atoms with van der Waals surface area (Å²) in [7, 11) is 0. The first kappa shape index (κ1) is 21.2. The highest BCUT2D eigenvalue weighted by molar-refractivity contribution is 7.71. The second-order valence-corrected chi connectivity index (χ2v) is 7.05. The summed E-state index contributed by atoms with van der Waals surface area (Å²) in [5, 5.41) is 11.2. The predicted octanol–water partition coefficient (Wildman–Crippen LogP) is 6.18. The highest BCUT2D eigenvalue weighted by Gasteiger charge is 2.11. The Bertz CT molecular complexity index is 911. The number of benzene rings is 1. The van der Waals surface area contributed by atoms with E-state index in [1.807, 2.05) is 6.08 Å². The Morgan fingerprint density at radius 1 is 1.11 bits per heavy atom. The van der Waals surface area contributed by atoms with Crippen molar-refractivity contribution >= 4 is 29.9 Å². The predicted molar refractivity (Wildman–Crippen MR) is 115 cm³/mol. The van der Waals surface area contributed by atoms with Crippen LogP contribution in [0, 0.1) is 4.77 Å². The molecular weight excluding hydrogens is 380 g/mol. The van der Waals surface area contributed by atoms with Gasteiger partial charge in [0.25, 0.3) is 5.56 Å². The molecule has 0 spiro atoms. The normalized spacial score (nSPS) is 11.6. The maximum atomic E-state index is 12.2. The Kier molecular flexibility index (Phi) is 8.55. The summed E-state index contributed by atoms with van der Waals surface area (Å²) in [5.41, 5.74) is 0.432. The molecule has 2 N–H and O–H groups in total. The molecule has 144 valence electrons. The third-order valence-electron chi connectivity index (χ3n) is 4.13. The van der Waals surface area contributed by atoms with Crippen LogP contribution in [0.15, 0.2) is 47.3 Å². The Morgan fingerprint density at radius 2 is 1.78 bits per heavy atom. The molecule has 0 amide bonds. The largest absolute Gasteiger partial charge is 0.494 e. The van der Waals surface area contributed by atoms with E-state index in [-0.39, 0.29) is 16.2 Å². The molecule has 0 aliphatic rings. The second kappa shape index (κ2) is 10.9. The van der Waals surface area contributed by atoms with Crippen molar-refractivity contribution in [2.24, 2.45) is 0 Å². The summed E-state index contributed by atoms with van der Waals surface area (Å²) in [6, 6.07) is 6.87. The highest BCUT2D eigenvalue weighted by Crippen LogP contribution is 2.22. The number of hydrogen-bond acceptors (Lipinski definition) is 3. The molecule has 0 bridgehead atoms. The lowest BCUT2D eigenvalue weighted by molar-refractivity contribution is 0.432. The number of aromatic nitrogens is 2. The fraction of sp³-hybridized carbons (Fsp3) is 0.333. The van der Waals surface area contributed by atoms with E-state index in [4.69, 9.17) is 23.8 Å². The van der Waals surface area contributed by atoms with Crippen LogP contribution in [-0.2, 0) is 0 Å². The fourth-order valence-electron chi connectivity index (χ4n) is 2.71. The monoisotopic (exact) mass is 404 g/mol. The van der Waals surface area contributed by atoms with Crippen LogP contribution in [0.1, 0.15) is 51.0 Å². The second-order valence-electron chi connectivity index (χ2n) is 6.23. The van der Waals surface area contributed by atoms with Crippen LogP contribution >= 0.6 is 23.8 Å². The van der Waals surface area contributed by atoms with Crippen molar-refractivity contribution in [3.05, 3.63) is 68.2 Å². The molecule has 4 nitrogen and oxygen atoms in total. The van der Waals surface area contributed by atoms with Crippen LogP contribution in [0.2, 0.25) is 5.02 Å². The van der Waals surface area contributed by atoms with Crippen LogP contribution < -0.4 is 5.56 Å². The minimum Gasteiger partial charge on any atom is -0.494 e. The lowest BCUT2D eigenvalue weighted by Crippen LogP contribution is -2.15. The van der Waals surface area contributed by atoms with Crippen LogP contribution in [0.3, 0.4) is 0 Å². The van der Waals surface area contributed by atoms with Crippen molar-refractivity contribution in [1.82, 2.24) is 9.55 Å². The van der Waals surface area contributed by atoms with Gasteiger partial charge in [-0.1, -0.05) is 43.2 Å². The third-order valence-corrected chi connectivity index (χ3v) is 4.67. The zero-order valence-electron chi connectivity index (χ0n) is 15.5. The molecule has 6 heteroatoms. The molecule has 0 radical (unpaired) electrons. The first-order valence-corrected chi connectivity index (χ1v) is 9.99. The quantitative estimate of drug-likeness (QED) is 0.298. The molecule has 2 rings (SSSR count). The molecule has 0 aliphatic heterocycles. The van der Waals surface area contributed by atoms with Gasteiger partial charge in [-0.25, -0.2) is 0 Å². The van der Waals surface area contributed by atoms with Gasteiger partial charge < -0.3 is 5.11 Å². The molecule has 1 heterocycles. The Labute approximate surface area is 169 Å². The number of aromatic hydroxyl groups is 1. The summed E-state index contributed by atoms with van der Waals surface area (Å²) < 4.78 is 1.56. The van der Waals surface area contributed by atoms with Gasteiger partial charge in [0.2, 0.25) is 5.88 Å². The molecule has 0 atom stereocenters. The van der Waals surface area contributed by atoms with E-state index in [0.717, 1.165) is 38.5 Å². The number of nitrogens with one attached hydrogen (secondary N) is 1. The number of aromatic amines is 1. The van der Waals surface area contributed by atoms with Gasteiger partial charge in [-0.3, -0.25) is 14.3 Å². The van der Waals surface area contributed by atoms with Crippen LogP contribution in [0.5, 0.6) is 5.88 Å². The van der Waals surface area contributed by atoms with Crippen molar-refractivity contribution in [2.45, 2.75) is 45.4 Å². The standard InChI is InChI=1S/C21H25ClN2O2S/c1-2-3-4-5-6-7-8-9-10-11-18-19(25)23-21(27)24(20(18)26)17-14-12-16(22)13-15-17/h3-4,10-15,26H,2,5-9H2,1H3,(H,23,25,27). The average Bonchev–Trinajstić information content (AvgIpc) is 2.64. The van der Waals surface area contributed by atoms with Crippen molar-refractivity contribution < 1.29 is 5.11 Å².